The van der Waals surface area contributed by atoms with Gasteiger partial charge in [-0.2, -0.15) is 0 Å². The molecule has 28 heavy (non-hydrogen) atoms. The van der Waals surface area contributed by atoms with Gasteiger partial charge in [0, 0.05) is 40.7 Å². The van der Waals surface area contributed by atoms with Crippen molar-refractivity contribution in [2.24, 2.45) is 4.99 Å². The molecule has 148 valence electrons. The second-order valence-electron chi connectivity index (χ2n) is 6.17. The summed E-state index contributed by atoms with van der Waals surface area (Å²) >= 11 is 7.41. The minimum absolute atomic E-state index is 0.0930. The highest BCUT2D eigenvalue weighted by molar-refractivity contribution is 7.99. The smallest absolute Gasteiger partial charge is 0.262 e. The Morgan fingerprint density at radius 2 is 1.96 bits per heavy atom. The maximum Gasteiger partial charge on any atom is 0.262 e. The van der Waals surface area contributed by atoms with E-state index in [4.69, 9.17) is 11.6 Å². The summed E-state index contributed by atoms with van der Waals surface area (Å²) in [5.41, 5.74) is 0.442. The lowest BCUT2D eigenvalue weighted by molar-refractivity contribution is -0.115. The molecule has 0 spiro atoms. The summed E-state index contributed by atoms with van der Waals surface area (Å²) in [6.45, 7) is 0.641. The Morgan fingerprint density at radius 3 is 2.68 bits per heavy atom. The fraction of sp³-hybridized carbons (Fsp3) is 0.263. The van der Waals surface area contributed by atoms with Crippen molar-refractivity contribution in [2.75, 3.05) is 17.6 Å². The van der Waals surface area contributed by atoms with Crippen LogP contribution < -0.4 is 10.0 Å². The van der Waals surface area contributed by atoms with E-state index in [0.717, 1.165) is 11.3 Å². The normalized spacial score (nSPS) is 13.8. The zero-order valence-corrected chi connectivity index (χ0v) is 17.4. The van der Waals surface area contributed by atoms with Crippen molar-refractivity contribution in [3.05, 3.63) is 53.6 Å². The molecule has 0 atom stereocenters. The molecule has 2 aromatic carbocycles. The summed E-state index contributed by atoms with van der Waals surface area (Å²) in [5, 5.41) is 3.42. The van der Waals surface area contributed by atoms with Crippen molar-refractivity contribution in [3.8, 4) is 0 Å². The lowest BCUT2D eigenvalue weighted by Gasteiger charge is -2.10. The van der Waals surface area contributed by atoms with E-state index >= 15 is 0 Å². The van der Waals surface area contributed by atoms with Crippen LogP contribution >= 0.6 is 23.4 Å². The maximum atomic E-state index is 12.5. The molecule has 9 heteroatoms. The van der Waals surface area contributed by atoms with E-state index in [0.29, 0.717) is 41.7 Å². The van der Waals surface area contributed by atoms with E-state index < -0.39 is 10.0 Å². The number of carbonyl (C=O) groups excluding carboxylic acids is 1. The number of sulfonamides is 1. The maximum absolute atomic E-state index is 12.5. The molecule has 6 nitrogen and oxygen atoms in total. The monoisotopic (exact) mass is 437 g/mol. The van der Waals surface area contributed by atoms with Crippen molar-refractivity contribution in [1.29, 1.82) is 0 Å². The van der Waals surface area contributed by atoms with Gasteiger partial charge in [0.15, 0.2) is 0 Å². The van der Waals surface area contributed by atoms with Crippen molar-refractivity contribution in [2.45, 2.75) is 29.1 Å². The van der Waals surface area contributed by atoms with E-state index in [2.05, 4.69) is 15.0 Å². The van der Waals surface area contributed by atoms with Gasteiger partial charge < -0.3 is 5.32 Å². The Morgan fingerprint density at radius 1 is 1.18 bits per heavy atom. The lowest BCUT2D eigenvalue weighted by Crippen LogP contribution is -2.29. The van der Waals surface area contributed by atoms with Gasteiger partial charge in [-0.25, -0.2) is 8.42 Å². The number of amides is 1. The number of anilines is 1. The van der Waals surface area contributed by atoms with Gasteiger partial charge in [-0.3, -0.25) is 14.5 Å². The Kier molecular flexibility index (Phi) is 6.98. The fourth-order valence-corrected chi connectivity index (χ4v) is 4.71. The van der Waals surface area contributed by atoms with Gasteiger partial charge in [-0.1, -0.05) is 17.7 Å². The molecule has 0 fully saturated rings. The average Bonchev–Trinajstić information content (AvgIpc) is 3.16. The third kappa shape index (κ3) is 5.98. The summed E-state index contributed by atoms with van der Waals surface area (Å²) in [5.74, 6) is 0.908. The number of nitrogens with one attached hydrogen (secondary N) is 2. The molecule has 0 bridgehead atoms. The third-order valence-electron chi connectivity index (χ3n) is 3.97. The molecule has 1 aliphatic heterocycles. The van der Waals surface area contributed by atoms with Crippen molar-refractivity contribution in [3.63, 3.8) is 0 Å². The molecule has 0 saturated heterocycles. The molecule has 0 radical (unpaired) electrons. The topological polar surface area (TPSA) is 87.6 Å². The quantitative estimate of drug-likeness (QED) is 0.642. The number of hydrogen-bond donors (Lipinski definition) is 2. The average molecular weight is 438 g/mol. The molecule has 2 N–H and O–H groups in total. The predicted octanol–water partition coefficient (Wildman–Crippen LogP) is 3.93. The number of hydrogen-bond acceptors (Lipinski definition) is 5. The van der Waals surface area contributed by atoms with Gasteiger partial charge in [0.1, 0.15) is 5.84 Å². The summed E-state index contributed by atoms with van der Waals surface area (Å²) in [7, 11) is -3.71. The highest BCUT2D eigenvalue weighted by atomic mass is 35.5. The summed E-state index contributed by atoms with van der Waals surface area (Å²) in [6.07, 6.45) is 1.78. The van der Waals surface area contributed by atoms with E-state index in [1.165, 1.54) is 12.1 Å². The van der Waals surface area contributed by atoms with Crippen molar-refractivity contribution < 1.29 is 13.2 Å². The predicted molar refractivity (Wildman–Crippen MR) is 114 cm³/mol. The van der Waals surface area contributed by atoms with Crippen LogP contribution in [0.2, 0.25) is 5.02 Å². The van der Waals surface area contributed by atoms with Crippen LogP contribution in [0.4, 0.5) is 5.69 Å². The third-order valence-corrected chi connectivity index (χ3v) is 6.61. The number of rotatable bonds is 7. The first-order valence-electron chi connectivity index (χ1n) is 8.77. The minimum atomic E-state index is -3.71. The molecule has 0 unspecified atom stereocenters. The number of aliphatic imine (C=N–C) groups is 1. The van der Waals surface area contributed by atoms with Crippen LogP contribution in [0.15, 0.2) is 63.3 Å². The SMILES string of the molecule is O=C(CCSc1ccc(Cl)cc1)Nc1cccc(S(=O)(=O)NC2=NCCC2)c1. The Labute approximate surface area is 173 Å². The fourth-order valence-electron chi connectivity index (χ4n) is 2.59. The molecule has 0 saturated carbocycles. The molecule has 0 aromatic heterocycles. The first-order chi connectivity index (χ1) is 13.4. The number of nitrogens with zero attached hydrogens (tertiary/aromatic N) is 1. The minimum Gasteiger partial charge on any atom is -0.326 e. The van der Waals surface area contributed by atoms with Crippen LogP contribution in [-0.2, 0) is 14.8 Å². The van der Waals surface area contributed by atoms with Crippen LogP contribution in [0.25, 0.3) is 0 Å². The van der Waals surface area contributed by atoms with Gasteiger partial charge in [0.2, 0.25) is 5.91 Å². The molecule has 3 rings (SSSR count). The van der Waals surface area contributed by atoms with Crippen molar-refractivity contribution >= 4 is 50.8 Å². The molecule has 2 aromatic rings. The summed E-state index contributed by atoms with van der Waals surface area (Å²) in [4.78, 5) is 17.4. The Balaban J connectivity index is 1.54. The van der Waals surface area contributed by atoms with E-state index in [9.17, 15) is 13.2 Å². The van der Waals surface area contributed by atoms with E-state index in [1.54, 1.807) is 36.0 Å². The second kappa shape index (κ2) is 9.45. The van der Waals surface area contributed by atoms with Gasteiger partial charge in [0.05, 0.1) is 4.90 Å². The van der Waals surface area contributed by atoms with E-state index in [1.807, 2.05) is 12.1 Å². The van der Waals surface area contributed by atoms with Crippen LogP contribution in [-0.4, -0.2) is 32.5 Å². The molecule has 0 aliphatic carbocycles. The van der Waals surface area contributed by atoms with E-state index in [-0.39, 0.29) is 10.8 Å². The van der Waals surface area contributed by atoms with Gasteiger partial charge >= 0.3 is 0 Å². The molecule has 1 heterocycles. The number of carbonyl (C=O) groups is 1. The number of halogens is 1. The Hall–Kier alpha value is -2.03. The highest BCUT2D eigenvalue weighted by Gasteiger charge is 2.18. The lowest BCUT2D eigenvalue weighted by atomic mass is 10.3. The highest BCUT2D eigenvalue weighted by Crippen LogP contribution is 2.21. The number of benzene rings is 2. The molecular formula is C19H20ClN3O3S2. The largest absolute Gasteiger partial charge is 0.326 e. The second-order valence-corrected chi connectivity index (χ2v) is 9.45. The molecular weight excluding hydrogens is 418 g/mol. The van der Waals surface area contributed by atoms with Gasteiger partial charge in [-0.15, -0.1) is 11.8 Å². The molecule has 1 amide bonds. The Bertz CT molecular complexity index is 976. The van der Waals surface area contributed by atoms with Crippen LogP contribution in [0.5, 0.6) is 0 Å². The van der Waals surface area contributed by atoms with Gasteiger partial charge in [-0.05, 0) is 48.9 Å². The first kappa shape index (κ1) is 20.7. The zero-order valence-electron chi connectivity index (χ0n) is 15.0. The summed E-state index contributed by atoms with van der Waals surface area (Å²) in [6, 6.07) is 13.6. The van der Waals surface area contributed by atoms with Crippen LogP contribution in [0, 0.1) is 0 Å². The zero-order chi connectivity index (χ0) is 20.0. The van der Waals surface area contributed by atoms with Gasteiger partial charge in [0.25, 0.3) is 10.0 Å². The van der Waals surface area contributed by atoms with Crippen molar-refractivity contribution in [1.82, 2.24) is 4.72 Å². The molecule has 1 aliphatic rings. The van der Waals surface area contributed by atoms with Crippen LogP contribution in [0.3, 0.4) is 0 Å². The number of amidine groups is 1. The standard InChI is InChI=1S/C19H20ClN3O3S2/c20-14-6-8-16(9-7-14)27-12-10-19(24)22-15-3-1-4-17(13-15)28(25,26)23-18-5-2-11-21-18/h1,3-4,6-9,13H,2,5,10-12H2,(H,21,23)(H,22,24). The first-order valence-corrected chi connectivity index (χ1v) is 11.6. The number of thioether (sulfide) groups is 1. The summed E-state index contributed by atoms with van der Waals surface area (Å²) < 4.78 is 27.4. The van der Waals surface area contributed by atoms with Crippen LogP contribution in [0.1, 0.15) is 19.3 Å².